The highest BCUT2D eigenvalue weighted by molar-refractivity contribution is 5.70. The molecule has 3 rings (SSSR count). The van der Waals surface area contributed by atoms with Crippen LogP contribution >= 0.6 is 0 Å². The van der Waals surface area contributed by atoms with Crippen LogP contribution in [0.2, 0.25) is 0 Å². The van der Waals surface area contributed by atoms with E-state index in [1.807, 2.05) is 24.3 Å². The van der Waals surface area contributed by atoms with Crippen molar-refractivity contribution in [2.45, 2.75) is 63.3 Å². The van der Waals surface area contributed by atoms with Gasteiger partial charge >= 0.3 is 5.97 Å². The van der Waals surface area contributed by atoms with Gasteiger partial charge in [0, 0.05) is 18.6 Å². The molecule has 2 aliphatic heterocycles. The maximum absolute atomic E-state index is 10.7. The number of nitrogens with zero attached hydrogens (tertiary/aromatic N) is 1. The first-order valence-corrected chi connectivity index (χ1v) is 7.85. The number of carbonyl (C=O) groups is 1. The van der Waals surface area contributed by atoms with E-state index in [2.05, 4.69) is 4.90 Å². The normalized spacial score (nSPS) is 29.3. The Bertz CT molecular complexity index is 485. The lowest BCUT2D eigenvalue weighted by Crippen LogP contribution is -2.52. The van der Waals surface area contributed by atoms with Crippen LogP contribution in [0.25, 0.3) is 0 Å². The first-order chi connectivity index (χ1) is 10.1. The molecule has 2 saturated heterocycles. The zero-order chi connectivity index (χ0) is 14.8. The molecule has 0 spiro atoms. The zero-order valence-corrected chi connectivity index (χ0v) is 12.2. The molecular formula is C17H23NO3. The second kappa shape index (κ2) is 6.16. The summed E-state index contributed by atoms with van der Waals surface area (Å²) >= 11 is 0. The number of aliphatic carboxylic acids is 1. The van der Waals surface area contributed by atoms with Gasteiger partial charge in [-0.2, -0.15) is 0 Å². The molecule has 4 heteroatoms. The number of benzene rings is 1. The highest BCUT2D eigenvalue weighted by Gasteiger charge is 2.37. The third-order valence-corrected chi connectivity index (χ3v) is 4.84. The predicted octanol–water partition coefficient (Wildman–Crippen LogP) is 2.19. The van der Waals surface area contributed by atoms with Gasteiger partial charge in [-0.1, -0.05) is 30.7 Å². The summed E-state index contributed by atoms with van der Waals surface area (Å²) in [6, 6.07) is 8.92. The lowest BCUT2D eigenvalue weighted by atomic mass is 9.82. The molecule has 1 aromatic rings. The van der Waals surface area contributed by atoms with E-state index in [-0.39, 0.29) is 12.5 Å². The Hall–Kier alpha value is -1.39. The fourth-order valence-electron chi connectivity index (χ4n) is 3.86. The SMILES string of the molecule is O=C(O)Cc1ccc(CN2[C@@H]3CCC[C@H]2CC(O)C3)cc1. The number of carboxylic acids is 1. The summed E-state index contributed by atoms with van der Waals surface area (Å²) in [6.07, 6.45) is 5.39. The van der Waals surface area contributed by atoms with Crippen molar-refractivity contribution < 1.29 is 15.0 Å². The van der Waals surface area contributed by atoms with E-state index < -0.39 is 5.97 Å². The Kier molecular flexibility index (Phi) is 4.27. The molecule has 0 aromatic heterocycles. The number of aliphatic hydroxyl groups is 1. The van der Waals surface area contributed by atoms with Gasteiger partial charge in [0.15, 0.2) is 0 Å². The molecule has 114 valence electrons. The maximum Gasteiger partial charge on any atom is 0.307 e. The van der Waals surface area contributed by atoms with Gasteiger partial charge in [0.05, 0.1) is 12.5 Å². The summed E-state index contributed by atoms with van der Waals surface area (Å²) in [7, 11) is 0. The van der Waals surface area contributed by atoms with Gasteiger partial charge in [-0.3, -0.25) is 9.69 Å². The van der Waals surface area contributed by atoms with Crippen LogP contribution < -0.4 is 0 Å². The Morgan fingerprint density at radius 3 is 2.24 bits per heavy atom. The second-order valence-electron chi connectivity index (χ2n) is 6.42. The molecule has 2 heterocycles. The third-order valence-electron chi connectivity index (χ3n) is 4.84. The van der Waals surface area contributed by atoms with Crippen LogP contribution in [0.5, 0.6) is 0 Å². The molecule has 0 aliphatic carbocycles. The number of carboxylic acid groups (broad SMARTS) is 1. The van der Waals surface area contributed by atoms with Crippen molar-refractivity contribution in [1.29, 1.82) is 0 Å². The molecule has 2 fully saturated rings. The molecule has 1 aromatic carbocycles. The molecule has 3 atom stereocenters. The summed E-state index contributed by atoms with van der Waals surface area (Å²) in [5, 5.41) is 18.7. The van der Waals surface area contributed by atoms with Crippen LogP contribution in [0, 0.1) is 0 Å². The largest absolute Gasteiger partial charge is 0.481 e. The molecule has 4 nitrogen and oxygen atoms in total. The number of piperidine rings is 2. The highest BCUT2D eigenvalue weighted by atomic mass is 16.4. The third kappa shape index (κ3) is 3.44. The lowest BCUT2D eigenvalue weighted by molar-refractivity contribution is -0.136. The fraction of sp³-hybridized carbons (Fsp3) is 0.588. The number of fused-ring (bicyclic) bond motifs is 2. The minimum Gasteiger partial charge on any atom is -0.481 e. The smallest absolute Gasteiger partial charge is 0.307 e. The average Bonchev–Trinajstić information content (AvgIpc) is 2.41. The quantitative estimate of drug-likeness (QED) is 0.892. The van der Waals surface area contributed by atoms with Crippen molar-refractivity contribution in [2.75, 3.05) is 0 Å². The molecule has 2 N–H and O–H groups in total. The molecule has 0 amide bonds. The van der Waals surface area contributed by atoms with Crippen molar-refractivity contribution in [3.8, 4) is 0 Å². The molecule has 2 aliphatic rings. The fourth-order valence-corrected chi connectivity index (χ4v) is 3.86. The molecule has 0 radical (unpaired) electrons. The van der Waals surface area contributed by atoms with Crippen molar-refractivity contribution in [2.24, 2.45) is 0 Å². The topological polar surface area (TPSA) is 60.8 Å². The minimum absolute atomic E-state index is 0.0848. The highest BCUT2D eigenvalue weighted by Crippen LogP contribution is 2.35. The number of hydrogen-bond donors (Lipinski definition) is 2. The summed E-state index contributed by atoms with van der Waals surface area (Å²) in [5.74, 6) is -0.790. The van der Waals surface area contributed by atoms with E-state index in [4.69, 9.17) is 5.11 Å². The van der Waals surface area contributed by atoms with Gasteiger partial charge in [0.25, 0.3) is 0 Å². The first-order valence-electron chi connectivity index (χ1n) is 7.85. The molecule has 21 heavy (non-hydrogen) atoms. The van der Waals surface area contributed by atoms with E-state index >= 15 is 0 Å². The van der Waals surface area contributed by atoms with Crippen LogP contribution in [0.1, 0.15) is 43.2 Å². The van der Waals surface area contributed by atoms with E-state index in [0.29, 0.717) is 12.1 Å². The Morgan fingerprint density at radius 1 is 1.10 bits per heavy atom. The minimum atomic E-state index is -0.790. The Labute approximate surface area is 125 Å². The zero-order valence-electron chi connectivity index (χ0n) is 12.2. The van der Waals surface area contributed by atoms with Gasteiger partial charge in [-0.15, -0.1) is 0 Å². The first kappa shape index (κ1) is 14.5. The van der Waals surface area contributed by atoms with Crippen molar-refractivity contribution in [3.63, 3.8) is 0 Å². The van der Waals surface area contributed by atoms with Crippen molar-refractivity contribution in [1.82, 2.24) is 4.90 Å². The van der Waals surface area contributed by atoms with E-state index in [1.165, 1.54) is 24.8 Å². The number of hydrogen-bond acceptors (Lipinski definition) is 3. The van der Waals surface area contributed by atoms with Gasteiger partial charge in [-0.05, 0) is 36.8 Å². The molecule has 1 unspecified atom stereocenters. The van der Waals surface area contributed by atoms with E-state index in [9.17, 15) is 9.90 Å². The lowest BCUT2D eigenvalue weighted by Gasteiger charge is -2.47. The van der Waals surface area contributed by atoms with Gasteiger partial charge < -0.3 is 10.2 Å². The van der Waals surface area contributed by atoms with Crippen LogP contribution in [-0.2, 0) is 17.8 Å². The van der Waals surface area contributed by atoms with E-state index in [0.717, 1.165) is 24.9 Å². The Morgan fingerprint density at radius 2 is 1.67 bits per heavy atom. The van der Waals surface area contributed by atoms with E-state index in [1.54, 1.807) is 0 Å². The number of aliphatic hydroxyl groups excluding tert-OH is 1. The average molecular weight is 289 g/mol. The molecule has 2 bridgehead atoms. The monoisotopic (exact) mass is 289 g/mol. The van der Waals surface area contributed by atoms with Gasteiger partial charge in [-0.25, -0.2) is 0 Å². The van der Waals surface area contributed by atoms with Crippen LogP contribution in [0.4, 0.5) is 0 Å². The Balaban J connectivity index is 1.67. The summed E-state index contributed by atoms with van der Waals surface area (Å²) < 4.78 is 0. The van der Waals surface area contributed by atoms with Crippen molar-refractivity contribution >= 4 is 5.97 Å². The van der Waals surface area contributed by atoms with Crippen LogP contribution in [0.15, 0.2) is 24.3 Å². The molecule has 0 saturated carbocycles. The summed E-state index contributed by atoms with van der Waals surface area (Å²) in [4.78, 5) is 13.2. The molecular weight excluding hydrogens is 266 g/mol. The van der Waals surface area contributed by atoms with Crippen LogP contribution in [0.3, 0.4) is 0 Å². The summed E-state index contributed by atoms with van der Waals surface area (Å²) in [6.45, 7) is 0.912. The number of rotatable bonds is 4. The predicted molar refractivity (Wildman–Crippen MR) is 80.0 cm³/mol. The van der Waals surface area contributed by atoms with Gasteiger partial charge in [0.1, 0.15) is 0 Å². The van der Waals surface area contributed by atoms with Crippen LogP contribution in [-0.4, -0.2) is 39.3 Å². The standard InChI is InChI=1S/C17H23NO3/c19-16-9-14-2-1-3-15(10-16)18(14)11-13-6-4-12(5-7-13)8-17(20)21/h4-7,14-16,19H,1-3,8-11H2,(H,20,21)/t14-,15+,16?. The summed E-state index contributed by atoms with van der Waals surface area (Å²) in [5.41, 5.74) is 2.08. The van der Waals surface area contributed by atoms with Crippen molar-refractivity contribution in [3.05, 3.63) is 35.4 Å². The second-order valence-corrected chi connectivity index (χ2v) is 6.42. The maximum atomic E-state index is 10.7. The van der Waals surface area contributed by atoms with Gasteiger partial charge in [0.2, 0.25) is 0 Å².